The average molecular weight is 529 g/mol. The van der Waals surface area contributed by atoms with E-state index in [4.69, 9.17) is 8.83 Å². The van der Waals surface area contributed by atoms with Crippen LogP contribution in [-0.4, -0.2) is 38.2 Å². The van der Waals surface area contributed by atoms with E-state index in [-0.39, 0.29) is 0 Å². The van der Waals surface area contributed by atoms with Crippen molar-refractivity contribution in [3.05, 3.63) is 120 Å². The molecule has 0 aliphatic rings. The van der Waals surface area contributed by atoms with Gasteiger partial charge in [-0.1, -0.05) is 48.5 Å². The highest BCUT2D eigenvalue weighted by molar-refractivity contribution is 5.77. The molecule has 0 aliphatic carbocycles. The van der Waals surface area contributed by atoms with Crippen molar-refractivity contribution in [3.8, 4) is 0 Å². The Morgan fingerprint density at radius 3 is 1.20 bits per heavy atom. The van der Waals surface area contributed by atoms with Crippen molar-refractivity contribution in [2.75, 3.05) is 38.0 Å². The predicted molar refractivity (Wildman–Crippen MR) is 167 cm³/mol. The molecule has 0 amide bonds. The first kappa shape index (κ1) is 26.5. The third-order valence-electron chi connectivity index (χ3n) is 6.28. The Bertz CT molecular complexity index is 1540. The van der Waals surface area contributed by atoms with E-state index in [1.807, 2.05) is 101 Å². The molecule has 2 aromatic heterocycles. The van der Waals surface area contributed by atoms with Crippen molar-refractivity contribution in [2.45, 2.75) is 0 Å². The van der Waals surface area contributed by atoms with Gasteiger partial charge in [0.1, 0.15) is 11.0 Å². The first-order valence-corrected chi connectivity index (χ1v) is 13.1. The maximum absolute atomic E-state index is 5.65. The summed E-state index contributed by atoms with van der Waals surface area (Å²) in [5.41, 5.74) is 8.01. The van der Waals surface area contributed by atoms with Crippen LogP contribution in [0.3, 0.4) is 0 Å². The van der Waals surface area contributed by atoms with E-state index in [1.165, 1.54) is 11.4 Å². The van der Waals surface area contributed by atoms with Crippen molar-refractivity contribution < 1.29 is 8.83 Å². The number of rotatable bonds is 6. The molecule has 0 atom stereocenters. The number of para-hydroxylation sites is 4. The maximum Gasteiger partial charge on any atom is 0.220 e. The second kappa shape index (κ2) is 12.2. The zero-order valence-electron chi connectivity index (χ0n) is 23.2. The molecule has 0 N–H and O–H groups in total. The number of benzene rings is 4. The predicted octanol–water partition coefficient (Wildman–Crippen LogP) is 8.13. The van der Waals surface area contributed by atoms with E-state index < -0.39 is 0 Å². The zero-order chi connectivity index (χ0) is 27.9. The lowest BCUT2D eigenvalue weighted by Crippen LogP contribution is -2.07. The van der Waals surface area contributed by atoms with Gasteiger partial charge in [-0.25, -0.2) is 9.97 Å². The number of hydrogen-bond donors (Lipinski definition) is 0. The number of fused-ring (bicyclic) bond motifs is 2. The lowest BCUT2D eigenvalue weighted by atomic mass is 10.2. The molecule has 4 aromatic carbocycles. The van der Waals surface area contributed by atoms with Gasteiger partial charge < -0.3 is 18.6 Å². The van der Waals surface area contributed by atoms with Crippen LogP contribution in [0.5, 0.6) is 0 Å². The Labute approximate surface area is 234 Å². The summed E-state index contributed by atoms with van der Waals surface area (Å²) in [5.74, 6) is 1.26. The first-order chi connectivity index (χ1) is 19.4. The lowest BCUT2D eigenvalue weighted by Gasteiger charge is -2.11. The SMILES string of the molecule is CN(C)c1ccc(C=Cc2nc3ccccc3o2)cc1.CN(C)c1ccc(C=Cc2nc3ccccc3o2)cc1. The summed E-state index contributed by atoms with van der Waals surface area (Å²) in [5, 5.41) is 0. The summed E-state index contributed by atoms with van der Waals surface area (Å²) in [6.45, 7) is 0. The Morgan fingerprint density at radius 2 is 0.850 bits per heavy atom. The third-order valence-corrected chi connectivity index (χ3v) is 6.28. The summed E-state index contributed by atoms with van der Waals surface area (Å²) in [6, 6.07) is 32.2. The van der Waals surface area contributed by atoms with Crippen molar-refractivity contribution >= 4 is 57.9 Å². The molecular weight excluding hydrogens is 496 g/mol. The van der Waals surface area contributed by atoms with Crippen molar-refractivity contribution in [1.82, 2.24) is 9.97 Å². The van der Waals surface area contributed by atoms with Crippen LogP contribution < -0.4 is 9.80 Å². The highest BCUT2D eigenvalue weighted by Crippen LogP contribution is 2.19. The lowest BCUT2D eigenvalue weighted by molar-refractivity contribution is 0.589. The summed E-state index contributed by atoms with van der Waals surface area (Å²) < 4.78 is 11.3. The van der Waals surface area contributed by atoms with Gasteiger partial charge in [-0.2, -0.15) is 0 Å². The van der Waals surface area contributed by atoms with Gasteiger partial charge in [-0.3, -0.25) is 0 Å². The summed E-state index contributed by atoms with van der Waals surface area (Å²) >= 11 is 0. The summed E-state index contributed by atoms with van der Waals surface area (Å²) in [4.78, 5) is 13.0. The monoisotopic (exact) mass is 528 g/mol. The fraction of sp³-hybridized carbons (Fsp3) is 0.118. The van der Waals surface area contributed by atoms with E-state index in [2.05, 4.69) is 68.3 Å². The van der Waals surface area contributed by atoms with E-state index in [0.717, 1.165) is 33.3 Å². The van der Waals surface area contributed by atoms with Crippen LogP contribution in [0, 0.1) is 0 Å². The molecule has 2 heterocycles. The molecule has 0 saturated heterocycles. The van der Waals surface area contributed by atoms with E-state index in [1.54, 1.807) is 0 Å². The first-order valence-electron chi connectivity index (χ1n) is 13.1. The molecule has 6 aromatic rings. The second-order valence-corrected chi connectivity index (χ2v) is 9.68. The Kier molecular flexibility index (Phi) is 8.07. The van der Waals surface area contributed by atoms with Crippen LogP contribution >= 0.6 is 0 Å². The van der Waals surface area contributed by atoms with Crippen molar-refractivity contribution in [1.29, 1.82) is 0 Å². The number of oxazole rings is 2. The minimum atomic E-state index is 0.628. The molecular formula is C34H32N4O2. The quantitative estimate of drug-likeness (QED) is 0.218. The zero-order valence-corrected chi connectivity index (χ0v) is 23.2. The van der Waals surface area contributed by atoms with E-state index in [0.29, 0.717) is 11.8 Å². The van der Waals surface area contributed by atoms with E-state index in [9.17, 15) is 0 Å². The van der Waals surface area contributed by atoms with Gasteiger partial charge in [0.2, 0.25) is 11.8 Å². The van der Waals surface area contributed by atoms with E-state index >= 15 is 0 Å². The molecule has 0 spiro atoms. The van der Waals surface area contributed by atoms with Gasteiger partial charge in [0, 0.05) is 51.7 Å². The molecule has 0 bridgehead atoms. The maximum atomic E-state index is 5.65. The van der Waals surface area contributed by atoms with Crippen LogP contribution in [0.15, 0.2) is 106 Å². The molecule has 6 rings (SSSR count). The minimum Gasteiger partial charge on any atom is -0.437 e. The molecule has 0 radical (unpaired) electrons. The molecule has 0 saturated carbocycles. The molecule has 0 unspecified atom stereocenters. The van der Waals surface area contributed by atoms with Gasteiger partial charge in [0.25, 0.3) is 0 Å². The van der Waals surface area contributed by atoms with Crippen molar-refractivity contribution in [3.63, 3.8) is 0 Å². The van der Waals surface area contributed by atoms with Gasteiger partial charge in [-0.05, 0) is 71.8 Å². The smallest absolute Gasteiger partial charge is 0.220 e. The summed E-state index contributed by atoms with van der Waals surface area (Å²) in [6.07, 6.45) is 7.80. The standard InChI is InChI=1S/2C17H16N2O/c2*1-19(2)14-10-7-13(8-11-14)9-12-17-18-15-5-3-4-6-16(15)20-17/h2*3-12H,1-2H3. The Morgan fingerprint density at radius 1 is 0.475 bits per heavy atom. The molecule has 40 heavy (non-hydrogen) atoms. The van der Waals surface area contributed by atoms with Gasteiger partial charge in [0.05, 0.1) is 0 Å². The van der Waals surface area contributed by atoms with Gasteiger partial charge in [0.15, 0.2) is 11.2 Å². The molecule has 0 aliphatic heterocycles. The molecule has 6 nitrogen and oxygen atoms in total. The number of nitrogens with zero attached hydrogens (tertiary/aromatic N) is 4. The van der Waals surface area contributed by atoms with Gasteiger partial charge in [-0.15, -0.1) is 0 Å². The molecule has 200 valence electrons. The van der Waals surface area contributed by atoms with Crippen LogP contribution in [0.2, 0.25) is 0 Å². The molecule has 0 fully saturated rings. The van der Waals surface area contributed by atoms with Crippen LogP contribution in [-0.2, 0) is 0 Å². The summed E-state index contributed by atoms with van der Waals surface area (Å²) in [7, 11) is 8.12. The third kappa shape index (κ3) is 6.66. The minimum absolute atomic E-state index is 0.628. The Balaban J connectivity index is 0.000000161. The second-order valence-electron chi connectivity index (χ2n) is 9.68. The van der Waals surface area contributed by atoms with Crippen LogP contribution in [0.4, 0.5) is 11.4 Å². The topological polar surface area (TPSA) is 58.5 Å². The average Bonchev–Trinajstić information content (AvgIpc) is 3.59. The highest BCUT2D eigenvalue weighted by Gasteiger charge is 2.02. The fourth-order valence-electron chi connectivity index (χ4n) is 4.02. The van der Waals surface area contributed by atoms with Gasteiger partial charge >= 0.3 is 0 Å². The number of aromatic nitrogens is 2. The fourth-order valence-corrected chi connectivity index (χ4v) is 4.02. The van der Waals surface area contributed by atoms with Crippen molar-refractivity contribution in [2.24, 2.45) is 0 Å². The number of anilines is 2. The number of hydrogen-bond acceptors (Lipinski definition) is 6. The van der Waals surface area contributed by atoms with Crippen LogP contribution in [0.25, 0.3) is 46.5 Å². The highest BCUT2D eigenvalue weighted by atomic mass is 16.4. The van der Waals surface area contributed by atoms with Crippen LogP contribution in [0.1, 0.15) is 22.9 Å². The normalized spacial score (nSPS) is 11.3. The largest absolute Gasteiger partial charge is 0.437 e. The molecule has 6 heteroatoms. The Hall–Kier alpha value is -5.10.